The topological polar surface area (TPSA) is 43.9 Å². The molecule has 21 heavy (non-hydrogen) atoms. The van der Waals surface area contributed by atoms with Crippen molar-refractivity contribution in [3.8, 4) is 0 Å². The van der Waals surface area contributed by atoms with Crippen molar-refractivity contribution in [2.24, 2.45) is 0 Å². The van der Waals surface area contributed by atoms with Gasteiger partial charge in [0.2, 0.25) is 11.8 Å². The predicted molar refractivity (Wildman–Crippen MR) is 85.4 cm³/mol. The number of carbonyl (C=O) groups excluding carboxylic acids is 2. The highest BCUT2D eigenvalue weighted by molar-refractivity contribution is 5.95. The Bertz CT molecular complexity index is 500. The van der Waals surface area contributed by atoms with Gasteiger partial charge >= 0.3 is 0 Å². The van der Waals surface area contributed by atoms with Crippen LogP contribution in [0.1, 0.15) is 12.5 Å². The second-order valence-electron chi connectivity index (χ2n) is 5.38. The summed E-state index contributed by atoms with van der Waals surface area (Å²) < 4.78 is 0. The summed E-state index contributed by atoms with van der Waals surface area (Å²) in [6, 6.07) is 7.82. The molecule has 0 unspecified atom stereocenters. The Morgan fingerprint density at radius 2 is 1.57 bits per heavy atom. The fourth-order valence-corrected chi connectivity index (χ4v) is 2.09. The third-order valence-corrected chi connectivity index (χ3v) is 3.33. The van der Waals surface area contributed by atoms with E-state index in [0.29, 0.717) is 6.54 Å². The Kier molecular flexibility index (Phi) is 6.37. The van der Waals surface area contributed by atoms with E-state index in [1.54, 1.807) is 30.9 Å². The zero-order valence-electron chi connectivity index (χ0n) is 13.6. The zero-order valence-corrected chi connectivity index (χ0v) is 13.6. The lowest BCUT2D eigenvalue weighted by Gasteiger charge is -2.26. The summed E-state index contributed by atoms with van der Waals surface area (Å²) >= 11 is 0. The van der Waals surface area contributed by atoms with Crippen LogP contribution < -0.4 is 4.90 Å². The summed E-state index contributed by atoms with van der Waals surface area (Å²) in [5.41, 5.74) is 2.00. The first-order valence-corrected chi connectivity index (χ1v) is 7.11. The van der Waals surface area contributed by atoms with E-state index in [-0.39, 0.29) is 24.9 Å². The minimum Gasteiger partial charge on any atom is -0.348 e. The first-order valence-electron chi connectivity index (χ1n) is 7.11. The molecule has 0 aliphatic rings. The van der Waals surface area contributed by atoms with E-state index in [1.165, 1.54) is 4.90 Å². The molecule has 0 atom stereocenters. The third kappa shape index (κ3) is 4.86. The van der Waals surface area contributed by atoms with Crippen LogP contribution in [-0.2, 0) is 9.59 Å². The highest BCUT2D eigenvalue weighted by Gasteiger charge is 2.18. The van der Waals surface area contributed by atoms with E-state index < -0.39 is 0 Å². The molecule has 0 N–H and O–H groups in total. The van der Waals surface area contributed by atoms with Gasteiger partial charge < -0.3 is 9.80 Å². The minimum absolute atomic E-state index is 0.000793. The maximum Gasteiger partial charge on any atom is 0.241 e. The minimum atomic E-state index is -0.00996. The summed E-state index contributed by atoms with van der Waals surface area (Å²) in [6.07, 6.45) is 0. The number of para-hydroxylation sites is 1. The van der Waals surface area contributed by atoms with E-state index in [2.05, 4.69) is 0 Å². The number of rotatable bonds is 6. The van der Waals surface area contributed by atoms with Crippen LogP contribution in [-0.4, -0.2) is 62.4 Å². The Balaban J connectivity index is 2.72. The van der Waals surface area contributed by atoms with Crippen LogP contribution in [0, 0.1) is 6.92 Å². The molecule has 0 spiro atoms. The van der Waals surface area contributed by atoms with Gasteiger partial charge in [-0.25, -0.2) is 0 Å². The van der Waals surface area contributed by atoms with Gasteiger partial charge in [-0.15, -0.1) is 0 Å². The van der Waals surface area contributed by atoms with Crippen molar-refractivity contribution in [1.29, 1.82) is 0 Å². The van der Waals surface area contributed by atoms with Crippen molar-refractivity contribution in [2.45, 2.75) is 13.8 Å². The molecule has 0 bridgehead atoms. The molecule has 0 aliphatic carbocycles. The molecule has 0 aromatic heterocycles. The van der Waals surface area contributed by atoms with E-state index in [0.717, 1.165) is 11.3 Å². The number of aryl methyl sites for hydroxylation is 1. The molecule has 0 saturated carbocycles. The molecule has 1 aromatic rings. The van der Waals surface area contributed by atoms with Crippen LogP contribution in [0.5, 0.6) is 0 Å². The van der Waals surface area contributed by atoms with Crippen molar-refractivity contribution in [2.75, 3.05) is 45.7 Å². The van der Waals surface area contributed by atoms with Gasteiger partial charge in [0.1, 0.15) is 0 Å². The molecular weight excluding hydrogens is 266 g/mol. The second-order valence-corrected chi connectivity index (χ2v) is 5.38. The largest absolute Gasteiger partial charge is 0.348 e. The molecule has 5 heteroatoms. The fraction of sp³-hybridized carbons (Fsp3) is 0.500. The molecule has 116 valence electrons. The van der Waals surface area contributed by atoms with Gasteiger partial charge in [0, 0.05) is 26.3 Å². The van der Waals surface area contributed by atoms with Crippen LogP contribution in [0.25, 0.3) is 0 Å². The van der Waals surface area contributed by atoms with Crippen LogP contribution >= 0.6 is 0 Å². The number of hydrogen-bond donors (Lipinski definition) is 0. The highest BCUT2D eigenvalue weighted by atomic mass is 16.2. The number of benzene rings is 1. The average Bonchev–Trinajstić information content (AvgIpc) is 2.41. The fourth-order valence-electron chi connectivity index (χ4n) is 2.09. The quantitative estimate of drug-likeness (QED) is 0.795. The number of likely N-dealkylation sites (N-methyl/N-ethyl adjacent to an activating group) is 3. The molecule has 0 aliphatic heterocycles. The van der Waals surface area contributed by atoms with Crippen molar-refractivity contribution in [3.63, 3.8) is 0 Å². The van der Waals surface area contributed by atoms with Gasteiger partial charge in [-0.3, -0.25) is 14.5 Å². The lowest BCUT2D eigenvalue weighted by molar-refractivity contribution is -0.130. The Labute approximate surface area is 127 Å². The van der Waals surface area contributed by atoms with E-state index >= 15 is 0 Å². The van der Waals surface area contributed by atoms with Crippen LogP contribution in [0.4, 0.5) is 5.69 Å². The Hall–Kier alpha value is -1.88. The van der Waals surface area contributed by atoms with Crippen LogP contribution in [0.3, 0.4) is 0 Å². The first kappa shape index (κ1) is 17.2. The third-order valence-electron chi connectivity index (χ3n) is 3.33. The van der Waals surface area contributed by atoms with Crippen LogP contribution in [0.2, 0.25) is 0 Å². The van der Waals surface area contributed by atoms with Gasteiger partial charge in [0.15, 0.2) is 0 Å². The molecule has 2 amide bonds. The number of carbonyl (C=O) groups is 2. The molecule has 0 radical (unpaired) electrons. The zero-order chi connectivity index (χ0) is 16.0. The maximum atomic E-state index is 12.4. The summed E-state index contributed by atoms with van der Waals surface area (Å²) in [4.78, 5) is 29.1. The monoisotopic (exact) mass is 291 g/mol. The van der Waals surface area contributed by atoms with E-state index in [1.807, 2.05) is 38.1 Å². The maximum absolute atomic E-state index is 12.4. The van der Waals surface area contributed by atoms with Crippen LogP contribution in [0.15, 0.2) is 24.3 Å². The molecule has 0 saturated heterocycles. The van der Waals surface area contributed by atoms with Gasteiger partial charge in [-0.05, 0) is 32.5 Å². The van der Waals surface area contributed by atoms with Crippen molar-refractivity contribution >= 4 is 17.5 Å². The summed E-state index contributed by atoms with van der Waals surface area (Å²) in [6.45, 7) is 5.02. The Morgan fingerprint density at radius 3 is 2.10 bits per heavy atom. The summed E-state index contributed by atoms with van der Waals surface area (Å²) in [5, 5.41) is 0. The number of nitrogens with zero attached hydrogens (tertiary/aromatic N) is 3. The normalized spacial score (nSPS) is 10.6. The standard InChI is InChI=1S/C16H25N3O2/c1-6-19(14-10-8-7-9-13(14)2)16(21)12-18(5)11-15(20)17(3)4/h7-10H,6,11-12H2,1-5H3. The van der Waals surface area contributed by atoms with Crippen molar-refractivity contribution < 1.29 is 9.59 Å². The lowest BCUT2D eigenvalue weighted by atomic mass is 10.2. The summed E-state index contributed by atoms with van der Waals surface area (Å²) in [7, 11) is 5.21. The first-order chi connectivity index (χ1) is 9.86. The van der Waals surface area contributed by atoms with Gasteiger partial charge in [0.25, 0.3) is 0 Å². The number of amides is 2. The van der Waals surface area contributed by atoms with Crippen molar-refractivity contribution in [1.82, 2.24) is 9.80 Å². The lowest BCUT2D eigenvalue weighted by Crippen LogP contribution is -2.42. The average molecular weight is 291 g/mol. The molecular formula is C16H25N3O2. The summed E-state index contributed by atoms with van der Waals surface area (Å²) in [5.74, 6) is -0.00917. The molecule has 0 fully saturated rings. The molecule has 1 aromatic carbocycles. The Morgan fingerprint density at radius 1 is 1.00 bits per heavy atom. The molecule has 1 rings (SSSR count). The number of anilines is 1. The van der Waals surface area contributed by atoms with Gasteiger partial charge in [-0.2, -0.15) is 0 Å². The molecule has 5 nitrogen and oxygen atoms in total. The van der Waals surface area contributed by atoms with Gasteiger partial charge in [0.05, 0.1) is 13.1 Å². The predicted octanol–water partition coefficient (Wildman–Crippen LogP) is 1.37. The van der Waals surface area contributed by atoms with Crippen molar-refractivity contribution in [3.05, 3.63) is 29.8 Å². The van der Waals surface area contributed by atoms with Gasteiger partial charge in [-0.1, -0.05) is 18.2 Å². The van der Waals surface area contributed by atoms with E-state index in [4.69, 9.17) is 0 Å². The SMILES string of the molecule is CCN(C(=O)CN(C)CC(=O)N(C)C)c1ccccc1C. The smallest absolute Gasteiger partial charge is 0.241 e. The molecule has 0 heterocycles. The number of hydrogen-bond acceptors (Lipinski definition) is 3. The highest BCUT2D eigenvalue weighted by Crippen LogP contribution is 2.19. The van der Waals surface area contributed by atoms with E-state index in [9.17, 15) is 9.59 Å². The second kappa shape index (κ2) is 7.78.